The van der Waals surface area contributed by atoms with E-state index < -0.39 is 0 Å². The number of hydrogen-bond donors (Lipinski definition) is 0. The van der Waals surface area contributed by atoms with Crippen LogP contribution >= 0.6 is 0 Å². The van der Waals surface area contributed by atoms with Crippen LogP contribution in [0.3, 0.4) is 0 Å². The van der Waals surface area contributed by atoms with Crippen molar-refractivity contribution in [3.8, 4) is 0 Å². The molecule has 0 unspecified atom stereocenters. The fourth-order valence-corrected chi connectivity index (χ4v) is 2.23. The molecule has 0 aliphatic heterocycles. The molecule has 0 saturated heterocycles. The molecule has 0 bridgehead atoms. The molecule has 0 aromatic heterocycles. The molecule has 0 heterocycles. The van der Waals surface area contributed by atoms with E-state index in [4.69, 9.17) is 0 Å². The summed E-state index contributed by atoms with van der Waals surface area (Å²) in [6.07, 6.45) is 10.0. The Morgan fingerprint density at radius 2 is 1.85 bits per heavy atom. The maximum absolute atomic E-state index is 2.38. The molecule has 0 N–H and O–H groups in total. The Hall–Kier alpha value is -0.460. The van der Waals surface area contributed by atoms with Gasteiger partial charge in [-0.3, -0.25) is 0 Å². The lowest BCUT2D eigenvalue weighted by molar-refractivity contribution is 0.242. The van der Waals surface area contributed by atoms with Crippen molar-refractivity contribution in [3.63, 3.8) is 0 Å². The minimum atomic E-state index is 0.942. The predicted octanol–water partition coefficient (Wildman–Crippen LogP) is 3.28. The molecule has 0 aromatic carbocycles. The lowest BCUT2D eigenvalue weighted by atomic mass is 9.83. The van der Waals surface area contributed by atoms with Crippen LogP contribution in [0.5, 0.6) is 0 Å². The number of allylic oxidation sites excluding steroid dienone is 1. The van der Waals surface area contributed by atoms with Crippen molar-refractivity contribution in [1.29, 1.82) is 0 Å². The average Bonchev–Trinajstić information content (AvgIpc) is 2.09. The summed E-state index contributed by atoms with van der Waals surface area (Å²) in [5.74, 6) is 1.92. The standard InChI is InChI=1S/C12H23N/c1-4-9-13(3)10-12-7-5-11(2)6-8-12/h4,9,11-12H,5-8,10H2,1-3H3/b9-4-. The quantitative estimate of drug-likeness (QED) is 0.646. The van der Waals surface area contributed by atoms with E-state index in [0.29, 0.717) is 0 Å². The van der Waals surface area contributed by atoms with Crippen LogP contribution in [0.1, 0.15) is 39.5 Å². The fraction of sp³-hybridized carbons (Fsp3) is 0.833. The van der Waals surface area contributed by atoms with Crippen molar-refractivity contribution < 1.29 is 0 Å². The third kappa shape index (κ3) is 3.84. The smallest absolute Gasteiger partial charge is 0.0197 e. The molecule has 0 radical (unpaired) electrons. The van der Waals surface area contributed by atoms with E-state index in [2.05, 4.69) is 38.1 Å². The molecule has 0 amide bonds. The van der Waals surface area contributed by atoms with Crippen LogP contribution in [-0.2, 0) is 0 Å². The van der Waals surface area contributed by atoms with Crippen LogP contribution < -0.4 is 0 Å². The van der Waals surface area contributed by atoms with Gasteiger partial charge in [-0.1, -0.05) is 25.8 Å². The second kappa shape index (κ2) is 5.31. The molecule has 0 atom stereocenters. The fourth-order valence-electron chi connectivity index (χ4n) is 2.23. The molecule has 1 aliphatic rings. The van der Waals surface area contributed by atoms with Crippen LogP contribution in [0, 0.1) is 11.8 Å². The van der Waals surface area contributed by atoms with Gasteiger partial charge in [0.25, 0.3) is 0 Å². The van der Waals surface area contributed by atoms with Gasteiger partial charge >= 0.3 is 0 Å². The van der Waals surface area contributed by atoms with Crippen molar-refractivity contribution in [2.24, 2.45) is 11.8 Å². The summed E-state index contributed by atoms with van der Waals surface area (Å²) >= 11 is 0. The third-order valence-electron chi connectivity index (χ3n) is 3.09. The van der Waals surface area contributed by atoms with Gasteiger partial charge in [-0.2, -0.15) is 0 Å². The van der Waals surface area contributed by atoms with Crippen molar-refractivity contribution in [1.82, 2.24) is 4.90 Å². The third-order valence-corrected chi connectivity index (χ3v) is 3.09. The van der Waals surface area contributed by atoms with Crippen LogP contribution in [0.2, 0.25) is 0 Å². The zero-order valence-corrected chi connectivity index (χ0v) is 9.29. The zero-order valence-electron chi connectivity index (χ0n) is 9.29. The van der Waals surface area contributed by atoms with Gasteiger partial charge in [0.2, 0.25) is 0 Å². The molecule has 76 valence electrons. The molecule has 0 spiro atoms. The van der Waals surface area contributed by atoms with Crippen molar-refractivity contribution in [3.05, 3.63) is 12.3 Å². The maximum atomic E-state index is 2.38. The summed E-state index contributed by atoms with van der Waals surface area (Å²) < 4.78 is 0. The van der Waals surface area contributed by atoms with Crippen molar-refractivity contribution in [2.45, 2.75) is 39.5 Å². The van der Waals surface area contributed by atoms with E-state index in [9.17, 15) is 0 Å². The molecule has 1 heteroatoms. The van der Waals surface area contributed by atoms with Gasteiger partial charge in [0.05, 0.1) is 0 Å². The molecule has 0 aromatic rings. The molecule has 1 saturated carbocycles. The van der Waals surface area contributed by atoms with E-state index in [1.807, 2.05) is 0 Å². The molecule has 1 rings (SSSR count). The topological polar surface area (TPSA) is 3.24 Å². The van der Waals surface area contributed by atoms with Crippen molar-refractivity contribution >= 4 is 0 Å². The van der Waals surface area contributed by atoms with Gasteiger partial charge in [0.1, 0.15) is 0 Å². The van der Waals surface area contributed by atoms with E-state index in [1.165, 1.54) is 32.2 Å². The van der Waals surface area contributed by atoms with Gasteiger partial charge in [0, 0.05) is 13.6 Å². The first kappa shape index (κ1) is 10.6. The Morgan fingerprint density at radius 3 is 2.38 bits per heavy atom. The Bertz CT molecular complexity index is 155. The Morgan fingerprint density at radius 1 is 1.23 bits per heavy atom. The molecular weight excluding hydrogens is 158 g/mol. The van der Waals surface area contributed by atoms with Crippen molar-refractivity contribution in [2.75, 3.05) is 13.6 Å². The van der Waals surface area contributed by atoms with Crippen LogP contribution in [0.4, 0.5) is 0 Å². The van der Waals surface area contributed by atoms with Crippen LogP contribution in [0.15, 0.2) is 12.3 Å². The minimum Gasteiger partial charge on any atom is -0.380 e. The van der Waals surface area contributed by atoms with E-state index >= 15 is 0 Å². The highest BCUT2D eigenvalue weighted by Crippen LogP contribution is 2.28. The molecule has 1 aliphatic carbocycles. The van der Waals surface area contributed by atoms with Gasteiger partial charge in [-0.05, 0) is 37.8 Å². The van der Waals surface area contributed by atoms with E-state index in [1.54, 1.807) is 0 Å². The van der Waals surface area contributed by atoms with Gasteiger partial charge in [-0.15, -0.1) is 0 Å². The monoisotopic (exact) mass is 181 g/mol. The Balaban J connectivity index is 2.22. The maximum Gasteiger partial charge on any atom is 0.0197 e. The van der Waals surface area contributed by atoms with E-state index in [-0.39, 0.29) is 0 Å². The normalized spacial score (nSPS) is 29.5. The zero-order chi connectivity index (χ0) is 9.68. The summed E-state index contributed by atoms with van der Waals surface area (Å²) in [4.78, 5) is 2.32. The highest BCUT2D eigenvalue weighted by Gasteiger charge is 2.18. The lowest BCUT2D eigenvalue weighted by Crippen LogP contribution is -2.24. The SMILES string of the molecule is C/C=C\N(C)CC1CCC(C)CC1. The Labute approximate surface area is 82.8 Å². The predicted molar refractivity (Wildman–Crippen MR) is 58.6 cm³/mol. The van der Waals surface area contributed by atoms with Crippen LogP contribution in [-0.4, -0.2) is 18.5 Å². The highest BCUT2D eigenvalue weighted by atomic mass is 15.1. The first-order valence-electron chi connectivity index (χ1n) is 5.55. The largest absolute Gasteiger partial charge is 0.380 e. The van der Waals surface area contributed by atoms with Gasteiger partial charge < -0.3 is 4.90 Å². The first-order chi connectivity index (χ1) is 6.22. The number of nitrogens with zero attached hydrogens (tertiary/aromatic N) is 1. The number of hydrogen-bond acceptors (Lipinski definition) is 1. The summed E-state index contributed by atoms with van der Waals surface area (Å²) in [5.41, 5.74) is 0. The van der Waals surface area contributed by atoms with Gasteiger partial charge in [0.15, 0.2) is 0 Å². The molecule has 1 fully saturated rings. The average molecular weight is 181 g/mol. The summed E-state index contributed by atoms with van der Waals surface area (Å²) in [5, 5.41) is 0. The van der Waals surface area contributed by atoms with E-state index in [0.717, 1.165) is 11.8 Å². The first-order valence-corrected chi connectivity index (χ1v) is 5.55. The molecular formula is C12H23N. The highest BCUT2D eigenvalue weighted by molar-refractivity contribution is 4.79. The lowest BCUT2D eigenvalue weighted by Gasteiger charge is -2.29. The summed E-state index contributed by atoms with van der Waals surface area (Å²) in [7, 11) is 2.18. The number of rotatable bonds is 3. The molecule has 1 nitrogen and oxygen atoms in total. The second-order valence-electron chi connectivity index (χ2n) is 4.55. The molecule has 13 heavy (non-hydrogen) atoms. The summed E-state index contributed by atoms with van der Waals surface area (Å²) in [6, 6.07) is 0. The minimum absolute atomic E-state index is 0.942. The van der Waals surface area contributed by atoms with Gasteiger partial charge in [-0.25, -0.2) is 0 Å². The Kier molecular flexibility index (Phi) is 4.34. The summed E-state index contributed by atoms with van der Waals surface area (Å²) in [6.45, 7) is 5.71. The van der Waals surface area contributed by atoms with Crippen LogP contribution in [0.25, 0.3) is 0 Å². The second-order valence-corrected chi connectivity index (χ2v) is 4.55.